The molecule has 0 saturated heterocycles. The van der Waals surface area contributed by atoms with E-state index < -0.39 is 0 Å². The normalized spacial score (nSPS) is 14.7. The molecule has 0 spiro atoms. The molecule has 1 amide bonds. The molecule has 1 aliphatic carbocycles. The molecule has 0 atom stereocenters. The molecule has 22 heavy (non-hydrogen) atoms. The van der Waals surface area contributed by atoms with Crippen LogP contribution < -0.4 is 5.32 Å². The van der Waals surface area contributed by atoms with Gasteiger partial charge in [0.25, 0.3) is 0 Å². The van der Waals surface area contributed by atoms with Crippen LogP contribution in [0.4, 0.5) is 10.1 Å². The van der Waals surface area contributed by atoms with E-state index in [1.807, 2.05) is 19.1 Å². The largest absolute Gasteiger partial charge is 0.326 e. The molecular weight excluding hydrogens is 281 g/mol. The van der Waals surface area contributed by atoms with Crippen molar-refractivity contribution in [1.29, 1.82) is 0 Å². The number of halogens is 1. The first-order chi connectivity index (χ1) is 10.5. The predicted octanol–water partition coefficient (Wildman–Crippen LogP) is 3.66. The highest BCUT2D eigenvalue weighted by Gasteiger charge is 2.21. The average molecular weight is 301 g/mol. The molecular formula is C17H20FN3O. The predicted molar refractivity (Wildman–Crippen MR) is 83.9 cm³/mol. The van der Waals surface area contributed by atoms with Crippen molar-refractivity contribution in [2.45, 2.75) is 32.6 Å². The minimum absolute atomic E-state index is 0.0287. The summed E-state index contributed by atoms with van der Waals surface area (Å²) in [5.41, 5.74) is 2.64. The summed E-state index contributed by atoms with van der Waals surface area (Å²) < 4.78 is 15.4. The molecule has 0 aliphatic heterocycles. The van der Waals surface area contributed by atoms with Gasteiger partial charge in [0.05, 0.1) is 6.20 Å². The SMILES string of the molecule is Cc1ccc(NC(=O)CC2CCC2)cc1-c1nn(C)cc1F. The van der Waals surface area contributed by atoms with Gasteiger partial charge in [-0.3, -0.25) is 9.48 Å². The van der Waals surface area contributed by atoms with Gasteiger partial charge >= 0.3 is 0 Å². The molecule has 0 unspecified atom stereocenters. The Labute approximate surface area is 129 Å². The molecule has 1 aliphatic rings. The van der Waals surface area contributed by atoms with Gasteiger partial charge < -0.3 is 5.32 Å². The molecule has 1 heterocycles. The summed E-state index contributed by atoms with van der Waals surface area (Å²) >= 11 is 0. The molecule has 4 nitrogen and oxygen atoms in total. The van der Waals surface area contributed by atoms with Crippen molar-refractivity contribution < 1.29 is 9.18 Å². The number of hydrogen-bond acceptors (Lipinski definition) is 2. The van der Waals surface area contributed by atoms with E-state index in [4.69, 9.17) is 0 Å². The molecule has 1 aromatic carbocycles. The molecule has 3 rings (SSSR count). The van der Waals surface area contributed by atoms with Gasteiger partial charge in [0, 0.05) is 24.7 Å². The van der Waals surface area contributed by atoms with Crippen LogP contribution in [0.25, 0.3) is 11.3 Å². The maximum Gasteiger partial charge on any atom is 0.224 e. The molecule has 1 N–H and O–H groups in total. The van der Waals surface area contributed by atoms with Crippen LogP contribution in [0, 0.1) is 18.7 Å². The van der Waals surface area contributed by atoms with Gasteiger partial charge in [-0.05, 0) is 43.4 Å². The monoisotopic (exact) mass is 301 g/mol. The van der Waals surface area contributed by atoms with Gasteiger partial charge in [-0.25, -0.2) is 4.39 Å². The average Bonchev–Trinajstić information content (AvgIpc) is 2.75. The second-order valence-corrected chi connectivity index (χ2v) is 6.08. The second-order valence-electron chi connectivity index (χ2n) is 6.08. The van der Waals surface area contributed by atoms with Crippen LogP contribution in [0.5, 0.6) is 0 Å². The lowest BCUT2D eigenvalue weighted by molar-refractivity contribution is -0.117. The first kappa shape index (κ1) is 14.8. The van der Waals surface area contributed by atoms with E-state index in [0.29, 0.717) is 29.3 Å². The van der Waals surface area contributed by atoms with Crippen molar-refractivity contribution in [3.63, 3.8) is 0 Å². The third-order valence-corrected chi connectivity index (χ3v) is 4.26. The zero-order valence-corrected chi connectivity index (χ0v) is 12.9. The lowest BCUT2D eigenvalue weighted by Crippen LogP contribution is -2.20. The van der Waals surface area contributed by atoms with Gasteiger partial charge in [-0.15, -0.1) is 0 Å². The number of hydrogen-bond donors (Lipinski definition) is 1. The summed E-state index contributed by atoms with van der Waals surface area (Å²) in [7, 11) is 1.69. The smallest absolute Gasteiger partial charge is 0.224 e. The Balaban J connectivity index is 1.80. The Morgan fingerprint density at radius 1 is 1.45 bits per heavy atom. The zero-order chi connectivity index (χ0) is 15.7. The van der Waals surface area contributed by atoms with Crippen molar-refractivity contribution in [1.82, 2.24) is 9.78 Å². The number of rotatable bonds is 4. The number of nitrogens with one attached hydrogen (secondary N) is 1. The fourth-order valence-corrected chi connectivity index (χ4v) is 2.77. The molecule has 5 heteroatoms. The second kappa shape index (κ2) is 5.91. The Morgan fingerprint density at radius 2 is 2.23 bits per heavy atom. The van der Waals surface area contributed by atoms with Crippen molar-refractivity contribution in [2.75, 3.05) is 5.32 Å². The van der Waals surface area contributed by atoms with Crippen LogP contribution >= 0.6 is 0 Å². The highest BCUT2D eigenvalue weighted by atomic mass is 19.1. The maximum absolute atomic E-state index is 13.9. The zero-order valence-electron chi connectivity index (χ0n) is 12.9. The molecule has 1 fully saturated rings. The fraction of sp³-hybridized carbons (Fsp3) is 0.412. The van der Waals surface area contributed by atoms with E-state index >= 15 is 0 Å². The number of aromatic nitrogens is 2. The summed E-state index contributed by atoms with van der Waals surface area (Å²) in [5.74, 6) is 0.197. The molecule has 1 saturated carbocycles. The van der Waals surface area contributed by atoms with Crippen LogP contribution in [0.1, 0.15) is 31.2 Å². The van der Waals surface area contributed by atoms with Crippen molar-refractivity contribution in [3.05, 3.63) is 35.8 Å². The summed E-state index contributed by atoms with van der Waals surface area (Å²) in [5, 5.41) is 7.07. The van der Waals surface area contributed by atoms with E-state index in [9.17, 15) is 9.18 Å². The summed E-state index contributed by atoms with van der Waals surface area (Å²) in [6.07, 6.45) is 5.43. The standard InChI is InChI=1S/C17H20FN3O/c1-11-6-7-13(19-16(22)8-12-4-3-5-12)9-14(11)17-15(18)10-21(2)20-17/h6-7,9-10,12H,3-5,8H2,1-2H3,(H,19,22). The first-order valence-corrected chi connectivity index (χ1v) is 7.63. The minimum Gasteiger partial charge on any atom is -0.326 e. The fourth-order valence-electron chi connectivity index (χ4n) is 2.77. The van der Waals surface area contributed by atoms with Crippen LogP contribution in [0.2, 0.25) is 0 Å². The third kappa shape index (κ3) is 3.03. The Morgan fingerprint density at radius 3 is 2.82 bits per heavy atom. The van der Waals surface area contributed by atoms with Crippen molar-refractivity contribution in [3.8, 4) is 11.3 Å². The van der Waals surface area contributed by atoms with Crippen LogP contribution in [-0.4, -0.2) is 15.7 Å². The minimum atomic E-state index is -0.358. The number of anilines is 1. The Kier molecular flexibility index (Phi) is 3.96. The third-order valence-electron chi connectivity index (χ3n) is 4.26. The number of aryl methyl sites for hydroxylation is 2. The molecule has 2 aromatic rings. The molecule has 1 aromatic heterocycles. The maximum atomic E-state index is 13.9. The van der Waals surface area contributed by atoms with Gasteiger partial charge in [-0.2, -0.15) is 5.10 Å². The lowest BCUT2D eigenvalue weighted by Gasteiger charge is -2.24. The van der Waals surface area contributed by atoms with Gasteiger partial charge in [0.15, 0.2) is 5.82 Å². The van der Waals surface area contributed by atoms with Crippen molar-refractivity contribution >= 4 is 11.6 Å². The topological polar surface area (TPSA) is 46.9 Å². The quantitative estimate of drug-likeness (QED) is 0.936. The summed E-state index contributed by atoms with van der Waals surface area (Å²) in [6.45, 7) is 1.91. The van der Waals surface area contributed by atoms with E-state index in [-0.39, 0.29) is 11.7 Å². The molecule has 0 bridgehead atoms. The lowest BCUT2D eigenvalue weighted by atomic mass is 9.83. The first-order valence-electron chi connectivity index (χ1n) is 7.63. The number of amides is 1. The van der Waals surface area contributed by atoms with E-state index in [2.05, 4.69) is 10.4 Å². The number of carbonyl (C=O) groups excluding carboxylic acids is 1. The summed E-state index contributed by atoms with van der Waals surface area (Å²) in [6, 6.07) is 5.51. The number of carbonyl (C=O) groups is 1. The van der Waals surface area contributed by atoms with Gasteiger partial charge in [-0.1, -0.05) is 12.5 Å². The highest BCUT2D eigenvalue weighted by Crippen LogP contribution is 2.30. The highest BCUT2D eigenvalue weighted by molar-refractivity contribution is 5.91. The van der Waals surface area contributed by atoms with Crippen LogP contribution in [0.3, 0.4) is 0 Å². The van der Waals surface area contributed by atoms with Gasteiger partial charge in [0.1, 0.15) is 5.69 Å². The number of nitrogens with zero attached hydrogens (tertiary/aromatic N) is 2. The summed E-state index contributed by atoms with van der Waals surface area (Å²) in [4.78, 5) is 12.0. The Hall–Kier alpha value is -2.17. The molecule has 0 radical (unpaired) electrons. The van der Waals surface area contributed by atoms with E-state index in [1.165, 1.54) is 17.3 Å². The number of benzene rings is 1. The van der Waals surface area contributed by atoms with E-state index in [0.717, 1.165) is 18.4 Å². The van der Waals surface area contributed by atoms with Crippen LogP contribution in [0.15, 0.2) is 24.4 Å². The molecule has 116 valence electrons. The van der Waals surface area contributed by atoms with Crippen LogP contribution in [-0.2, 0) is 11.8 Å². The Bertz CT molecular complexity index is 704. The van der Waals surface area contributed by atoms with Gasteiger partial charge in [0.2, 0.25) is 5.91 Å². The van der Waals surface area contributed by atoms with E-state index in [1.54, 1.807) is 13.1 Å². The van der Waals surface area contributed by atoms with Crippen molar-refractivity contribution in [2.24, 2.45) is 13.0 Å².